The zero-order valence-electron chi connectivity index (χ0n) is 15.0. The fourth-order valence-corrected chi connectivity index (χ4v) is 3.48. The molecule has 9 heteroatoms. The number of hydrogen-bond donors (Lipinski definition) is 3. The SMILES string of the molecule is Cn1c(=O)[nH]c(=O)c2c1[nH]c(=S)n2C[C@@H](O)COc1cccc2ccccc12. The molecule has 3 N–H and O–H groups in total. The standard InChI is InChI=1S/C19H18N4O4S/c1-22-16-15(17(25)21-18(22)26)23(19(28)20-16)9-12(24)10-27-14-8-4-6-11-5-2-3-7-13(11)14/h2-8,12,24H,9-10H2,1H3,(H,20,28)(H,21,25,26)/t12-/m1/s1. The number of fused-ring (bicyclic) bond motifs is 2. The van der Waals surface area contributed by atoms with Gasteiger partial charge in [-0.05, 0) is 23.7 Å². The maximum Gasteiger partial charge on any atom is 0.329 e. The zero-order chi connectivity index (χ0) is 19.8. The average Bonchev–Trinajstić information content (AvgIpc) is 3.01. The highest BCUT2D eigenvalue weighted by molar-refractivity contribution is 7.71. The van der Waals surface area contributed by atoms with Crippen LogP contribution in [-0.2, 0) is 13.6 Å². The van der Waals surface area contributed by atoms with Crippen LogP contribution in [-0.4, -0.2) is 36.9 Å². The highest BCUT2D eigenvalue weighted by Gasteiger charge is 2.16. The van der Waals surface area contributed by atoms with E-state index in [4.69, 9.17) is 17.0 Å². The van der Waals surface area contributed by atoms with Crippen LogP contribution < -0.4 is 16.0 Å². The smallest absolute Gasteiger partial charge is 0.329 e. The van der Waals surface area contributed by atoms with Gasteiger partial charge in [-0.25, -0.2) is 4.79 Å². The van der Waals surface area contributed by atoms with Crippen molar-refractivity contribution in [2.24, 2.45) is 7.05 Å². The molecule has 144 valence electrons. The Balaban J connectivity index is 1.59. The van der Waals surface area contributed by atoms with E-state index in [1.165, 1.54) is 16.2 Å². The molecule has 0 amide bonds. The number of nitrogens with zero attached hydrogens (tertiary/aromatic N) is 2. The number of aryl methyl sites for hydroxylation is 1. The van der Waals surface area contributed by atoms with Crippen molar-refractivity contribution >= 4 is 34.2 Å². The highest BCUT2D eigenvalue weighted by Crippen LogP contribution is 2.25. The van der Waals surface area contributed by atoms with Crippen LogP contribution >= 0.6 is 12.2 Å². The lowest BCUT2D eigenvalue weighted by atomic mass is 10.1. The first-order valence-corrected chi connectivity index (χ1v) is 9.07. The van der Waals surface area contributed by atoms with Crippen molar-refractivity contribution < 1.29 is 9.84 Å². The van der Waals surface area contributed by atoms with Crippen LogP contribution in [0.25, 0.3) is 21.9 Å². The number of nitrogens with one attached hydrogen (secondary N) is 2. The monoisotopic (exact) mass is 398 g/mol. The van der Waals surface area contributed by atoms with E-state index in [0.717, 1.165) is 10.8 Å². The second-order valence-corrected chi connectivity index (χ2v) is 6.89. The molecule has 0 aliphatic heterocycles. The van der Waals surface area contributed by atoms with Crippen molar-refractivity contribution in [3.05, 3.63) is 68.1 Å². The number of aliphatic hydroxyl groups is 1. The minimum atomic E-state index is -0.915. The van der Waals surface area contributed by atoms with Crippen LogP contribution in [0, 0.1) is 4.77 Å². The summed E-state index contributed by atoms with van der Waals surface area (Å²) in [5.74, 6) is 0.667. The molecule has 1 atom stereocenters. The summed E-state index contributed by atoms with van der Waals surface area (Å²) in [7, 11) is 1.52. The Kier molecular flexibility index (Phi) is 4.62. The number of benzene rings is 2. The van der Waals surface area contributed by atoms with Crippen LogP contribution in [0.2, 0.25) is 0 Å². The van der Waals surface area contributed by atoms with Crippen molar-refractivity contribution in [2.45, 2.75) is 12.6 Å². The van der Waals surface area contributed by atoms with Gasteiger partial charge in [0, 0.05) is 12.4 Å². The number of aliphatic hydroxyl groups excluding tert-OH is 1. The molecule has 0 spiro atoms. The summed E-state index contributed by atoms with van der Waals surface area (Å²) in [5.41, 5.74) is -0.592. The predicted octanol–water partition coefficient (Wildman–Crippen LogP) is 1.68. The summed E-state index contributed by atoms with van der Waals surface area (Å²) in [6.45, 7) is 0.0665. The molecule has 0 saturated heterocycles. The third-order valence-corrected chi connectivity index (χ3v) is 4.94. The molecule has 2 aromatic carbocycles. The summed E-state index contributed by atoms with van der Waals surface area (Å²) in [6, 6.07) is 13.5. The molecule has 2 heterocycles. The lowest BCUT2D eigenvalue weighted by Gasteiger charge is -2.15. The Morgan fingerprint density at radius 1 is 1.14 bits per heavy atom. The topological polar surface area (TPSA) is 105 Å². The zero-order valence-corrected chi connectivity index (χ0v) is 15.8. The van der Waals surface area contributed by atoms with E-state index in [9.17, 15) is 14.7 Å². The van der Waals surface area contributed by atoms with Gasteiger partial charge < -0.3 is 19.4 Å². The second kappa shape index (κ2) is 7.10. The fraction of sp³-hybridized carbons (Fsp3) is 0.211. The van der Waals surface area contributed by atoms with Crippen LogP contribution in [0.15, 0.2) is 52.1 Å². The minimum Gasteiger partial charge on any atom is -0.490 e. The number of rotatable bonds is 5. The van der Waals surface area contributed by atoms with Gasteiger partial charge in [0.2, 0.25) is 0 Å². The Hall–Kier alpha value is -3.17. The molecule has 0 bridgehead atoms. The van der Waals surface area contributed by atoms with Gasteiger partial charge in [0.15, 0.2) is 10.3 Å². The van der Waals surface area contributed by atoms with Crippen LogP contribution in [0.4, 0.5) is 0 Å². The molecule has 0 aliphatic rings. The van der Waals surface area contributed by atoms with Crippen LogP contribution in [0.3, 0.4) is 0 Å². The fourth-order valence-electron chi connectivity index (χ4n) is 3.22. The van der Waals surface area contributed by atoms with Gasteiger partial charge in [-0.1, -0.05) is 36.4 Å². The molecule has 0 unspecified atom stereocenters. The van der Waals surface area contributed by atoms with Crippen molar-refractivity contribution in [1.29, 1.82) is 0 Å². The van der Waals surface area contributed by atoms with Crippen molar-refractivity contribution in [3.63, 3.8) is 0 Å². The van der Waals surface area contributed by atoms with Crippen LogP contribution in [0.5, 0.6) is 5.75 Å². The van der Waals surface area contributed by atoms with E-state index >= 15 is 0 Å². The van der Waals surface area contributed by atoms with Crippen LogP contribution in [0.1, 0.15) is 0 Å². The molecule has 8 nitrogen and oxygen atoms in total. The normalized spacial score (nSPS) is 12.5. The Morgan fingerprint density at radius 2 is 1.89 bits per heavy atom. The predicted molar refractivity (Wildman–Crippen MR) is 108 cm³/mol. The number of aromatic amines is 2. The Morgan fingerprint density at radius 3 is 2.71 bits per heavy atom. The highest BCUT2D eigenvalue weighted by atomic mass is 32.1. The molecule has 4 rings (SSSR count). The minimum absolute atomic E-state index is 0.0200. The van der Waals surface area contributed by atoms with E-state index < -0.39 is 17.4 Å². The third-order valence-electron chi connectivity index (χ3n) is 4.61. The average molecular weight is 398 g/mol. The number of aromatic nitrogens is 4. The summed E-state index contributed by atoms with van der Waals surface area (Å²) < 4.78 is 8.79. The van der Waals surface area contributed by atoms with Gasteiger partial charge in [0.25, 0.3) is 5.56 Å². The summed E-state index contributed by atoms with van der Waals surface area (Å²) in [5, 5.41) is 12.5. The van der Waals surface area contributed by atoms with Gasteiger partial charge in [0.05, 0.1) is 6.54 Å². The van der Waals surface area contributed by atoms with E-state index in [2.05, 4.69) is 9.97 Å². The first kappa shape index (κ1) is 18.2. The first-order chi connectivity index (χ1) is 13.5. The molecule has 2 aromatic heterocycles. The van der Waals surface area contributed by atoms with E-state index in [0.29, 0.717) is 11.4 Å². The van der Waals surface area contributed by atoms with E-state index in [-0.39, 0.29) is 23.4 Å². The molecule has 0 radical (unpaired) electrons. The molecule has 0 aliphatic carbocycles. The Bertz CT molecular complexity index is 1340. The van der Waals surface area contributed by atoms with E-state index in [1.54, 1.807) is 0 Å². The maximum atomic E-state index is 12.2. The third kappa shape index (κ3) is 3.14. The molecule has 28 heavy (non-hydrogen) atoms. The largest absolute Gasteiger partial charge is 0.490 e. The summed E-state index contributed by atoms with van der Waals surface area (Å²) in [6.07, 6.45) is -0.915. The van der Waals surface area contributed by atoms with Gasteiger partial charge >= 0.3 is 5.69 Å². The van der Waals surface area contributed by atoms with Gasteiger partial charge in [-0.2, -0.15) is 0 Å². The van der Waals surface area contributed by atoms with Gasteiger partial charge in [-0.3, -0.25) is 14.3 Å². The molecular formula is C19H18N4O4S. The van der Waals surface area contributed by atoms with Crippen molar-refractivity contribution in [2.75, 3.05) is 6.61 Å². The van der Waals surface area contributed by atoms with E-state index in [1.807, 2.05) is 42.5 Å². The lowest BCUT2D eigenvalue weighted by molar-refractivity contribution is 0.0938. The first-order valence-electron chi connectivity index (χ1n) is 8.66. The quantitative estimate of drug-likeness (QED) is 0.444. The van der Waals surface area contributed by atoms with Crippen molar-refractivity contribution in [1.82, 2.24) is 19.1 Å². The summed E-state index contributed by atoms with van der Waals surface area (Å²) >= 11 is 5.26. The lowest BCUT2D eigenvalue weighted by Crippen LogP contribution is -2.30. The Labute approximate surface area is 163 Å². The van der Waals surface area contributed by atoms with Gasteiger partial charge in [-0.15, -0.1) is 0 Å². The molecule has 0 saturated carbocycles. The number of ether oxygens (including phenoxy) is 1. The van der Waals surface area contributed by atoms with Gasteiger partial charge in [0.1, 0.15) is 24.1 Å². The molecule has 0 fully saturated rings. The maximum absolute atomic E-state index is 12.2. The van der Waals surface area contributed by atoms with Crippen molar-refractivity contribution in [3.8, 4) is 5.75 Å². The number of hydrogen-bond acceptors (Lipinski definition) is 5. The number of imidazole rings is 1. The molecule has 4 aromatic rings. The number of H-pyrrole nitrogens is 2. The molecular weight excluding hydrogens is 380 g/mol. The second-order valence-electron chi connectivity index (χ2n) is 6.50. The summed E-state index contributed by atoms with van der Waals surface area (Å²) in [4.78, 5) is 29.0.